The molecule has 1 amide bonds. The van der Waals surface area contributed by atoms with Gasteiger partial charge in [0, 0.05) is 20.2 Å². The molecule has 2 unspecified atom stereocenters. The molecule has 132 valence electrons. The molecule has 2 atom stereocenters. The number of nitrogens with two attached hydrogens (primary N) is 1. The Bertz CT molecular complexity index is 487. The van der Waals surface area contributed by atoms with E-state index in [0.717, 1.165) is 0 Å². The van der Waals surface area contributed by atoms with Crippen LogP contribution in [-0.4, -0.2) is 50.0 Å². The lowest BCUT2D eigenvalue weighted by Gasteiger charge is -2.16. The predicted molar refractivity (Wildman–Crippen MR) is 92.7 cm³/mol. The molecule has 23 heavy (non-hydrogen) atoms. The monoisotopic (exact) mass is 386 g/mol. The minimum Gasteiger partial charge on any atom is -0.489 e. The van der Waals surface area contributed by atoms with Gasteiger partial charge in [0.2, 0.25) is 5.91 Å². The zero-order valence-electron chi connectivity index (χ0n) is 12.6. The Kier molecular flexibility index (Phi) is 11.3. The van der Waals surface area contributed by atoms with Crippen LogP contribution in [0.4, 0.5) is 0 Å². The zero-order valence-corrected chi connectivity index (χ0v) is 15.0. The lowest BCUT2D eigenvalue weighted by molar-refractivity contribution is -0.123. The van der Waals surface area contributed by atoms with Crippen molar-refractivity contribution in [2.45, 2.75) is 18.6 Å². The number of nitrogens with one attached hydrogen (secondary N) is 1. The Morgan fingerprint density at radius 2 is 2.13 bits per heavy atom. The summed E-state index contributed by atoms with van der Waals surface area (Å²) in [4.78, 5) is 11.6. The number of aliphatic hydroxyl groups excluding tert-OH is 1. The SMILES string of the molecule is COC(CN)CC(=O)NCC(O)COc1cccc(Cl)c1Cl.Cl. The lowest BCUT2D eigenvalue weighted by atomic mass is 10.2. The second-order valence-electron chi connectivity index (χ2n) is 4.62. The van der Waals surface area contributed by atoms with Crippen LogP contribution in [0.15, 0.2) is 18.2 Å². The third kappa shape index (κ3) is 8.06. The van der Waals surface area contributed by atoms with Gasteiger partial charge >= 0.3 is 0 Å². The van der Waals surface area contributed by atoms with Crippen molar-refractivity contribution in [2.24, 2.45) is 5.73 Å². The molecular formula is C14H21Cl3N2O4. The first-order valence-corrected chi connectivity index (χ1v) is 7.48. The van der Waals surface area contributed by atoms with Gasteiger partial charge in [-0.15, -0.1) is 12.4 Å². The maximum absolute atomic E-state index is 11.6. The highest BCUT2D eigenvalue weighted by atomic mass is 35.5. The highest BCUT2D eigenvalue weighted by molar-refractivity contribution is 6.42. The Morgan fingerprint density at radius 1 is 1.43 bits per heavy atom. The van der Waals surface area contributed by atoms with Crippen molar-refractivity contribution in [3.05, 3.63) is 28.2 Å². The minimum atomic E-state index is -0.877. The molecule has 0 radical (unpaired) electrons. The number of aliphatic hydroxyl groups is 1. The van der Waals surface area contributed by atoms with Crippen LogP contribution in [0.25, 0.3) is 0 Å². The number of amides is 1. The lowest BCUT2D eigenvalue weighted by Crippen LogP contribution is -2.38. The number of methoxy groups -OCH3 is 1. The molecule has 1 aromatic carbocycles. The molecule has 6 nitrogen and oxygen atoms in total. The third-order valence-electron chi connectivity index (χ3n) is 2.89. The number of halogens is 3. The first-order valence-electron chi connectivity index (χ1n) is 6.72. The molecule has 0 aliphatic carbocycles. The standard InChI is InChI=1S/C14H20Cl2N2O4.ClH/c1-21-10(6-17)5-13(20)18-7-9(19)8-22-12-4-2-3-11(15)14(12)16;/h2-4,9-10,19H,5-8,17H2,1H3,(H,18,20);1H. The van der Waals surface area contributed by atoms with Crippen molar-refractivity contribution in [3.8, 4) is 5.75 Å². The average Bonchev–Trinajstić information content (AvgIpc) is 2.52. The molecule has 0 fully saturated rings. The maximum atomic E-state index is 11.6. The number of carbonyl (C=O) groups excluding carboxylic acids is 1. The normalized spacial score (nSPS) is 12.9. The summed E-state index contributed by atoms with van der Waals surface area (Å²) in [6, 6.07) is 4.97. The van der Waals surface area contributed by atoms with Crippen LogP contribution in [0.1, 0.15) is 6.42 Å². The van der Waals surface area contributed by atoms with Crippen LogP contribution < -0.4 is 15.8 Å². The topological polar surface area (TPSA) is 93.8 Å². The van der Waals surface area contributed by atoms with E-state index in [1.54, 1.807) is 18.2 Å². The van der Waals surface area contributed by atoms with Gasteiger partial charge in [0.15, 0.2) is 0 Å². The Balaban J connectivity index is 0.00000484. The minimum absolute atomic E-state index is 0. The number of ether oxygens (including phenoxy) is 2. The van der Waals surface area contributed by atoms with E-state index in [0.29, 0.717) is 10.8 Å². The fourth-order valence-electron chi connectivity index (χ4n) is 1.61. The summed E-state index contributed by atoms with van der Waals surface area (Å²) in [7, 11) is 1.49. The van der Waals surface area contributed by atoms with Gasteiger partial charge in [0.05, 0.1) is 17.5 Å². The Morgan fingerprint density at radius 3 is 2.74 bits per heavy atom. The van der Waals surface area contributed by atoms with Gasteiger partial charge in [-0.3, -0.25) is 4.79 Å². The van der Waals surface area contributed by atoms with E-state index in [-0.39, 0.29) is 55.6 Å². The summed E-state index contributed by atoms with van der Waals surface area (Å²) in [5, 5.41) is 13.0. The van der Waals surface area contributed by atoms with Gasteiger partial charge in [-0.1, -0.05) is 29.3 Å². The van der Waals surface area contributed by atoms with Gasteiger partial charge < -0.3 is 25.6 Å². The Labute approximate surface area is 151 Å². The number of carbonyl (C=O) groups is 1. The molecule has 4 N–H and O–H groups in total. The van der Waals surface area contributed by atoms with Crippen molar-refractivity contribution in [3.63, 3.8) is 0 Å². The van der Waals surface area contributed by atoms with Gasteiger partial charge in [-0.05, 0) is 12.1 Å². The van der Waals surface area contributed by atoms with Crippen molar-refractivity contribution in [2.75, 3.05) is 26.8 Å². The van der Waals surface area contributed by atoms with Gasteiger partial charge in [-0.25, -0.2) is 0 Å². The molecular weight excluding hydrogens is 367 g/mol. The van der Waals surface area contributed by atoms with Crippen LogP contribution in [-0.2, 0) is 9.53 Å². The summed E-state index contributed by atoms with van der Waals surface area (Å²) < 4.78 is 10.4. The smallest absolute Gasteiger partial charge is 0.222 e. The molecule has 0 aliphatic heterocycles. The van der Waals surface area contributed by atoms with E-state index < -0.39 is 6.10 Å². The second-order valence-corrected chi connectivity index (χ2v) is 5.40. The van der Waals surface area contributed by atoms with Gasteiger partial charge in [-0.2, -0.15) is 0 Å². The van der Waals surface area contributed by atoms with E-state index in [2.05, 4.69) is 5.32 Å². The van der Waals surface area contributed by atoms with E-state index in [1.165, 1.54) is 7.11 Å². The van der Waals surface area contributed by atoms with Crippen molar-refractivity contribution >= 4 is 41.5 Å². The summed E-state index contributed by atoms with van der Waals surface area (Å²) in [5.74, 6) is 0.124. The van der Waals surface area contributed by atoms with Crippen LogP contribution in [0, 0.1) is 0 Å². The molecule has 0 bridgehead atoms. The van der Waals surface area contributed by atoms with Crippen molar-refractivity contribution in [1.82, 2.24) is 5.32 Å². The molecule has 0 spiro atoms. The molecule has 0 saturated carbocycles. The summed E-state index contributed by atoms with van der Waals surface area (Å²) in [6.45, 7) is 0.284. The van der Waals surface area contributed by atoms with E-state index in [1.807, 2.05) is 0 Å². The number of benzene rings is 1. The van der Waals surface area contributed by atoms with E-state index in [9.17, 15) is 9.90 Å². The largest absolute Gasteiger partial charge is 0.489 e. The first-order chi connectivity index (χ1) is 10.5. The van der Waals surface area contributed by atoms with Gasteiger partial charge in [0.25, 0.3) is 0 Å². The Hall–Kier alpha value is -0.760. The first kappa shape index (κ1) is 22.2. The number of hydrogen-bond acceptors (Lipinski definition) is 5. The molecule has 0 aliphatic rings. The molecule has 1 rings (SSSR count). The second kappa shape index (κ2) is 11.7. The van der Waals surface area contributed by atoms with E-state index in [4.69, 9.17) is 38.4 Å². The third-order valence-corrected chi connectivity index (χ3v) is 3.69. The fraction of sp³-hybridized carbons (Fsp3) is 0.500. The fourth-order valence-corrected chi connectivity index (χ4v) is 1.96. The van der Waals surface area contributed by atoms with E-state index >= 15 is 0 Å². The molecule has 0 heterocycles. The van der Waals surface area contributed by atoms with Gasteiger partial charge in [0.1, 0.15) is 23.5 Å². The zero-order chi connectivity index (χ0) is 16.5. The van der Waals surface area contributed by atoms with Crippen LogP contribution in [0.5, 0.6) is 5.75 Å². The molecule has 0 saturated heterocycles. The summed E-state index contributed by atoms with van der Waals surface area (Å²) in [5.41, 5.74) is 5.43. The van der Waals surface area contributed by atoms with Crippen molar-refractivity contribution in [1.29, 1.82) is 0 Å². The quantitative estimate of drug-likeness (QED) is 0.599. The summed E-state index contributed by atoms with van der Waals surface area (Å²) in [6.07, 6.45) is -1.07. The number of rotatable bonds is 9. The average molecular weight is 388 g/mol. The van der Waals surface area contributed by atoms with Crippen LogP contribution in [0.3, 0.4) is 0 Å². The maximum Gasteiger partial charge on any atom is 0.222 e. The predicted octanol–water partition coefficient (Wildman–Crippen LogP) is 1.63. The molecule has 9 heteroatoms. The highest BCUT2D eigenvalue weighted by Crippen LogP contribution is 2.31. The molecule has 1 aromatic rings. The molecule has 0 aromatic heterocycles. The van der Waals surface area contributed by atoms with Crippen LogP contribution >= 0.6 is 35.6 Å². The number of hydrogen-bond donors (Lipinski definition) is 3. The van der Waals surface area contributed by atoms with Crippen molar-refractivity contribution < 1.29 is 19.4 Å². The van der Waals surface area contributed by atoms with Crippen LogP contribution in [0.2, 0.25) is 10.0 Å². The summed E-state index contributed by atoms with van der Waals surface area (Å²) >= 11 is 11.8. The highest BCUT2D eigenvalue weighted by Gasteiger charge is 2.14.